The molecule has 11 heavy (non-hydrogen) atoms. The number of hydrogen-bond donors (Lipinski definition) is 1. The Labute approximate surface area is 70.8 Å². The molecule has 0 saturated carbocycles. The molecule has 0 aliphatic rings. The Morgan fingerprint density at radius 2 is 2.09 bits per heavy atom. The molecule has 0 fully saturated rings. The number of carbonyl (C=O) groups excluding carboxylic acids is 1. The number of aliphatic carboxylic acids is 1. The van der Waals surface area contributed by atoms with Gasteiger partial charge in [-0.3, -0.25) is 4.79 Å². The van der Waals surface area contributed by atoms with Crippen LogP contribution in [0.15, 0.2) is 0 Å². The summed E-state index contributed by atoms with van der Waals surface area (Å²) >= 11 is 2.84. The van der Waals surface area contributed by atoms with Crippen LogP contribution in [0.4, 0.5) is 0 Å². The van der Waals surface area contributed by atoms with Gasteiger partial charge in [0.2, 0.25) is 0 Å². The highest BCUT2D eigenvalue weighted by Gasteiger charge is 2.31. The van der Waals surface area contributed by atoms with Gasteiger partial charge in [0, 0.05) is 0 Å². The van der Waals surface area contributed by atoms with Crippen molar-refractivity contribution in [3.05, 3.63) is 5.53 Å². The minimum absolute atomic E-state index is 0.663. The van der Waals surface area contributed by atoms with Crippen molar-refractivity contribution in [3.8, 4) is 0 Å². The molecule has 60 valence electrons. The van der Waals surface area contributed by atoms with Gasteiger partial charge in [0.25, 0.3) is 5.78 Å². The van der Waals surface area contributed by atoms with Crippen LogP contribution in [0.1, 0.15) is 6.92 Å². The van der Waals surface area contributed by atoms with Crippen LogP contribution in [0.25, 0.3) is 5.53 Å². The van der Waals surface area contributed by atoms with Crippen molar-refractivity contribution >= 4 is 33.4 Å². The monoisotopic (exact) mass is 220 g/mol. The molecule has 6 heteroatoms. The van der Waals surface area contributed by atoms with Gasteiger partial charge in [-0.15, -0.1) is 0 Å². The van der Waals surface area contributed by atoms with Crippen LogP contribution in [0, 0.1) is 0 Å². The van der Waals surface area contributed by atoms with E-state index in [9.17, 15) is 9.59 Å². The van der Waals surface area contributed by atoms with Crippen molar-refractivity contribution in [1.29, 1.82) is 0 Å². The summed E-state index contributed by atoms with van der Waals surface area (Å²) in [6, 6.07) is 0. The van der Waals surface area contributed by atoms with E-state index in [0.29, 0.717) is 0 Å². The minimum Gasteiger partial charge on any atom is -0.472 e. The van der Waals surface area contributed by atoms with Crippen LogP contribution in [0.2, 0.25) is 0 Å². The topological polar surface area (TPSA) is 90.8 Å². The molecule has 0 amide bonds. The average Bonchev–Trinajstić information content (AvgIpc) is 1.88. The van der Waals surface area contributed by atoms with Gasteiger partial charge in [0.05, 0.1) is 4.83 Å². The molecule has 0 spiro atoms. The van der Waals surface area contributed by atoms with Crippen molar-refractivity contribution in [2.45, 2.75) is 11.8 Å². The summed E-state index contributed by atoms with van der Waals surface area (Å²) in [6.07, 6.45) is 0. The minimum atomic E-state index is -1.54. The standard InChI is InChI=1S/C5H5BrN2O3/c1-2(6)4(9)3(8-7)5(10)11/h2H,1H3,(H,10,11). The van der Waals surface area contributed by atoms with Crippen molar-refractivity contribution in [2.75, 3.05) is 0 Å². The number of hydrogen-bond acceptors (Lipinski definition) is 2. The fourth-order valence-electron chi connectivity index (χ4n) is 0.386. The third-order valence-corrected chi connectivity index (χ3v) is 1.31. The first-order valence-corrected chi connectivity index (χ1v) is 3.56. The lowest BCUT2D eigenvalue weighted by Crippen LogP contribution is -2.29. The number of nitrogens with zero attached hydrogens (tertiary/aromatic N) is 2. The number of carbonyl (C=O) groups is 2. The van der Waals surface area contributed by atoms with Crippen LogP contribution >= 0.6 is 15.9 Å². The van der Waals surface area contributed by atoms with Gasteiger partial charge in [-0.2, -0.15) is 4.79 Å². The lowest BCUT2D eigenvalue weighted by atomic mass is 10.2. The molecule has 0 radical (unpaired) electrons. The van der Waals surface area contributed by atoms with Crippen LogP contribution in [-0.2, 0) is 9.59 Å². The molecule has 0 aliphatic carbocycles. The molecular formula is C5H5BrN2O3. The Kier molecular flexibility index (Phi) is 3.64. The van der Waals surface area contributed by atoms with E-state index in [1.54, 1.807) is 0 Å². The molecule has 1 atom stereocenters. The Balaban J connectivity index is 4.70. The van der Waals surface area contributed by atoms with Gasteiger partial charge in [-0.1, -0.05) is 15.9 Å². The van der Waals surface area contributed by atoms with Gasteiger partial charge in [-0.05, 0) is 6.92 Å². The zero-order chi connectivity index (χ0) is 9.02. The zero-order valence-corrected chi connectivity index (χ0v) is 7.20. The lowest BCUT2D eigenvalue weighted by Gasteiger charge is -1.92. The largest absolute Gasteiger partial charge is 0.472 e. The first-order valence-electron chi connectivity index (χ1n) is 2.64. The molecule has 5 nitrogen and oxygen atoms in total. The molecule has 0 aromatic heterocycles. The smallest absolute Gasteiger partial charge is 0.442 e. The number of ketones is 1. The summed E-state index contributed by atoms with van der Waals surface area (Å²) < 4.78 is 0. The fraction of sp³-hybridized carbons (Fsp3) is 0.400. The Hall–Kier alpha value is -1.00. The molecule has 0 aliphatic heterocycles. The van der Waals surface area contributed by atoms with Gasteiger partial charge >= 0.3 is 11.7 Å². The maximum Gasteiger partial charge on any atom is 0.442 e. The van der Waals surface area contributed by atoms with E-state index >= 15 is 0 Å². The summed E-state index contributed by atoms with van der Waals surface area (Å²) in [6.45, 7) is 1.44. The number of rotatable bonds is 3. The highest BCUT2D eigenvalue weighted by Crippen LogP contribution is 1.99. The van der Waals surface area contributed by atoms with E-state index in [2.05, 4.69) is 20.7 Å². The second-order valence-corrected chi connectivity index (χ2v) is 3.11. The number of halogens is 1. The highest BCUT2D eigenvalue weighted by atomic mass is 79.9. The maximum atomic E-state index is 10.8. The van der Waals surface area contributed by atoms with Crippen LogP contribution < -0.4 is 0 Å². The van der Waals surface area contributed by atoms with Crippen molar-refractivity contribution in [1.82, 2.24) is 0 Å². The van der Waals surface area contributed by atoms with E-state index in [4.69, 9.17) is 10.6 Å². The average molecular weight is 221 g/mol. The molecule has 0 saturated heterocycles. The summed E-state index contributed by atoms with van der Waals surface area (Å²) in [5.41, 5.74) is 7.21. The normalized spacial score (nSPS) is 11.5. The Morgan fingerprint density at radius 3 is 2.18 bits per heavy atom. The second-order valence-electron chi connectivity index (χ2n) is 1.73. The van der Waals surface area contributed by atoms with E-state index < -0.39 is 22.3 Å². The SMILES string of the molecule is CC(Br)C(=O)C(=[N+]=[N-])C(=O)O. The van der Waals surface area contributed by atoms with Gasteiger partial charge in [0.15, 0.2) is 0 Å². The Bertz CT molecular complexity index is 242. The van der Waals surface area contributed by atoms with E-state index in [1.807, 2.05) is 0 Å². The van der Waals surface area contributed by atoms with Crippen LogP contribution in [0.3, 0.4) is 0 Å². The fourth-order valence-corrected chi connectivity index (χ4v) is 0.603. The predicted molar refractivity (Wildman–Crippen MR) is 39.7 cm³/mol. The summed E-state index contributed by atoms with van der Waals surface area (Å²) in [7, 11) is 0. The number of carboxylic acid groups (broad SMARTS) is 1. The first-order chi connectivity index (χ1) is 5.00. The predicted octanol–water partition coefficient (Wildman–Crippen LogP) is 0.0943. The molecule has 1 N–H and O–H groups in total. The van der Waals surface area contributed by atoms with Crippen molar-refractivity contribution in [3.63, 3.8) is 0 Å². The molecule has 0 rings (SSSR count). The van der Waals surface area contributed by atoms with Crippen LogP contribution in [0.5, 0.6) is 0 Å². The third-order valence-electron chi connectivity index (χ3n) is 0.897. The van der Waals surface area contributed by atoms with Crippen LogP contribution in [-0.4, -0.2) is 32.2 Å². The molecule has 0 aromatic rings. The molecule has 0 aromatic carbocycles. The molecular weight excluding hydrogens is 216 g/mol. The van der Waals surface area contributed by atoms with Gasteiger partial charge in [-0.25, -0.2) is 4.79 Å². The van der Waals surface area contributed by atoms with E-state index in [0.717, 1.165) is 0 Å². The summed E-state index contributed by atoms with van der Waals surface area (Å²) in [5, 5.41) is 8.26. The summed E-state index contributed by atoms with van der Waals surface area (Å²) in [4.78, 5) is 22.6. The second kappa shape index (κ2) is 4.00. The highest BCUT2D eigenvalue weighted by molar-refractivity contribution is 9.10. The number of carboxylic acids is 1. The van der Waals surface area contributed by atoms with E-state index in [-0.39, 0.29) is 0 Å². The molecule has 0 bridgehead atoms. The Morgan fingerprint density at radius 1 is 1.64 bits per heavy atom. The zero-order valence-electron chi connectivity index (χ0n) is 5.61. The first kappa shape index (κ1) is 10.0. The number of Topliss-reactive ketones (excluding diaryl/α,β-unsaturated/α-hetero) is 1. The molecule has 0 heterocycles. The molecule has 1 unspecified atom stereocenters. The number of alkyl halides is 1. The van der Waals surface area contributed by atoms with Crippen molar-refractivity contribution < 1.29 is 19.5 Å². The van der Waals surface area contributed by atoms with E-state index in [1.165, 1.54) is 6.92 Å². The van der Waals surface area contributed by atoms with Crippen molar-refractivity contribution in [2.24, 2.45) is 0 Å². The van der Waals surface area contributed by atoms with Gasteiger partial charge in [0.1, 0.15) is 0 Å². The third kappa shape index (κ3) is 2.61. The lowest BCUT2D eigenvalue weighted by molar-refractivity contribution is -0.136. The van der Waals surface area contributed by atoms with Gasteiger partial charge < -0.3 is 10.6 Å². The quantitative estimate of drug-likeness (QED) is 0.241. The maximum absolute atomic E-state index is 10.8. The summed E-state index contributed by atoms with van der Waals surface area (Å²) in [5.74, 6) is -2.30.